The number of benzene rings is 2. The Labute approximate surface area is 198 Å². The molecule has 0 saturated carbocycles. The topological polar surface area (TPSA) is 102 Å². The molecule has 0 bridgehead atoms. The number of aliphatic hydroxyl groups excluding tert-OH is 1. The molecular weight excluding hydrogens is 454 g/mol. The summed E-state index contributed by atoms with van der Waals surface area (Å²) in [5, 5.41) is 11.5. The van der Waals surface area contributed by atoms with E-state index in [1.54, 1.807) is 68.0 Å². The molecular formula is C25H19N3O5S. The summed E-state index contributed by atoms with van der Waals surface area (Å²) in [6, 6.07) is 14.6. The third kappa shape index (κ3) is 3.56. The molecule has 5 rings (SSSR count). The summed E-state index contributed by atoms with van der Waals surface area (Å²) < 4.78 is 11.3. The number of rotatable bonds is 5. The van der Waals surface area contributed by atoms with Gasteiger partial charge in [0, 0.05) is 18.0 Å². The van der Waals surface area contributed by atoms with E-state index < -0.39 is 17.7 Å². The van der Waals surface area contributed by atoms with E-state index in [4.69, 9.17) is 9.47 Å². The molecule has 1 saturated heterocycles. The number of aliphatic hydroxyl groups is 1. The van der Waals surface area contributed by atoms with Gasteiger partial charge in [-0.05, 0) is 60.2 Å². The molecule has 0 spiro atoms. The van der Waals surface area contributed by atoms with Crippen LogP contribution in [-0.2, 0) is 9.59 Å². The number of carbonyl (C=O) groups excluding carboxylic acids is 2. The second-order valence-electron chi connectivity index (χ2n) is 7.51. The zero-order valence-corrected chi connectivity index (χ0v) is 19.1. The lowest BCUT2D eigenvalue weighted by Crippen LogP contribution is -2.29. The van der Waals surface area contributed by atoms with E-state index >= 15 is 0 Å². The third-order valence-electron chi connectivity index (χ3n) is 5.62. The third-order valence-corrected chi connectivity index (χ3v) is 6.64. The number of fused-ring (bicyclic) bond motifs is 1. The SMILES string of the molecule is COc1ccc(C(O)=C2C(=O)C(=O)N(c3nc4ccc(OC)cc4s3)C2c2ccncc2)cc1. The van der Waals surface area contributed by atoms with Crippen LogP contribution in [0.15, 0.2) is 72.6 Å². The predicted molar refractivity (Wildman–Crippen MR) is 128 cm³/mol. The van der Waals surface area contributed by atoms with Crippen molar-refractivity contribution in [3.63, 3.8) is 0 Å². The Bertz CT molecular complexity index is 1430. The van der Waals surface area contributed by atoms with Gasteiger partial charge in [-0.25, -0.2) is 4.98 Å². The molecule has 1 atom stereocenters. The molecule has 0 aliphatic carbocycles. The Kier molecular flexibility index (Phi) is 5.46. The van der Waals surface area contributed by atoms with Crippen LogP contribution in [0.25, 0.3) is 16.0 Å². The summed E-state index contributed by atoms with van der Waals surface area (Å²) in [7, 11) is 3.11. The molecule has 170 valence electrons. The van der Waals surface area contributed by atoms with Gasteiger partial charge < -0.3 is 14.6 Å². The fourth-order valence-corrected chi connectivity index (χ4v) is 4.94. The number of hydrogen-bond acceptors (Lipinski definition) is 8. The lowest BCUT2D eigenvalue weighted by Gasteiger charge is -2.22. The van der Waals surface area contributed by atoms with Gasteiger partial charge in [0.15, 0.2) is 5.13 Å². The number of pyridine rings is 1. The van der Waals surface area contributed by atoms with Crippen LogP contribution in [0.3, 0.4) is 0 Å². The van der Waals surface area contributed by atoms with Crippen LogP contribution in [0.4, 0.5) is 5.13 Å². The van der Waals surface area contributed by atoms with Crippen LogP contribution >= 0.6 is 11.3 Å². The zero-order chi connectivity index (χ0) is 23.8. The van der Waals surface area contributed by atoms with Gasteiger partial charge in [0.2, 0.25) is 0 Å². The van der Waals surface area contributed by atoms with E-state index in [1.807, 2.05) is 6.07 Å². The van der Waals surface area contributed by atoms with E-state index in [-0.39, 0.29) is 11.3 Å². The second kappa shape index (κ2) is 8.60. The number of thiazole rings is 1. The first kappa shape index (κ1) is 21.6. The van der Waals surface area contributed by atoms with Gasteiger partial charge in [0.1, 0.15) is 17.3 Å². The Hall–Kier alpha value is -4.24. The van der Waals surface area contributed by atoms with E-state index in [0.717, 1.165) is 4.70 Å². The van der Waals surface area contributed by atoms with Gasteiger partial charge in [0.25, 0.3) is 5.78 Å². The predicted octanol–water partition coefficient (Wildman–Crippen LogP) is 4.33. The highest BCUT2D eigenvalue weighted by atomic mass is 32.1. The molecule has 1 fully saturated rings. The second-order valence-corrected chi connectivity index (χ2v) is 8.52. The van der Waals surface area contributed by atoms with Crippen molar-refractivity contribution >= 4 is 44.1 Å². The quantitative estimate of drug-likeness (QED) is 0.261. The summed E-state index contributed by atoms with van der Waals surface area (Å²) >= 11 is 1.27. The summed E-state index contributed by atoms with van der Waals surface area (Å²) in [6.07, 6.45) is 3.15. The molecule has 0 radical (unpaired) electrons. The molecule has 8 nitrogen and oxygen atoms in total. The zero-order valence-electron chi connectivity index (χ0n) is 18.3. The number of ether oxygens (including phenoxy) is 2. The number of carbonyl (C=O) groups is 2. The minimum Gasteiger partial charge on any atom is -0.507 e. The van der Waals surface area contributed by atoms with Crippen LogP contribution in [-0.4, -0.2) is 41.0 Å². The van der Waals surface area contributed by atoms with E-state index in [2.05, 4.69) is 9.97 Å². The average Bonchev–Trinajstić information content (AvgIpc) is 3.41. The maximum atomic E-state index is 13.3. The number of amides is 1. The number of anilines is 1. The van der Waals surface area contributed by atoms with Crippen LogP contribution in [0.2, 0.25) is 0 Å². The van der Waals surface area contributed by atoms with Crippen LogP contribution in [0.5, 0.6) is 11.5 Å². The van der Waals surface area contributed by atoms with Gasteiger partial charge in [-0.15, -0.1) is 0 Å². The van der Waals surface area contributed by atoms with E-state index in [0.29, 0.717) is 33.3 Å². The van der Waals surface area contributed by atoms with Crippen molar-refractivity contribution < 1.29 is 24.2 Å². The number of Topliss-reactive ketones (excluding diaryl/α,β-unsaturated/α-hetero) is 1. The molecule has 34 heavy (non-hydrogen) atoms. The molecule has 1 unspecified atom stereocenters. The molecule has 3 heterocycles. The highest BCUT2D eigenvalue weighted by molar-refractivity contribution is 7.22. The van der Waals surface area contributed by atoms with Gasteiger partial charge in [-0.1, -0.05) is 11.3 Å². The van der Waals surface area contributed by atoms with Crippen molar-refractivity contribution in [2.24, 2.45) is 0 Å². The first-order valence-electron chi connectivity index (χ1n) is 10.3. The van der Waals surface area contributed by atoms with Gasteiger partial charge in [0.05, 0.1) is 36.1 Å². The summed E-state index contributed by atoms with van der Waals surface area (Å²) in [4.78, 5) is 36.5. The Morgan fingerprint density at radius 2 is 1.65 bits per heavy atom. The summed E-state index contributed by atoms with van der Waals surface area (Å²) in [5.41, 5.74) is 1.68. The fraction of sp³-hybridized carbons (Fsp3) is 0.120. The number of hydrogen-bond donors (Lipinski definition) is 1. The number of aromatic nitrogens is 2. The summed E-state index contributed by atoms with van der Waals surface area (Å²) in [6.45, 7) is 0. The van der Waals surface area contributed by atoms with Crippen molar-refractivity contribution in [1.82, 2.24) is 9.97 Å². The number of ketones is 1. The minimum absolute atomic E-state index is 0.0156. The highest BCUT2D eigenvalue weighted by Gasteiger charge is 2.48. The minimum atomic E-state index is -0.868. The molecule has 1 aliphatic heterocycles. The first-order valence-corrected chi connectivity index (χ1v) is 11.1. The fourth-order valence-electron chi connectivity index (χ4n) is 3.92. The molecule has 9 heteroatoms. The van der Waals surface area contributed by atoms with Crippen molar-refractivity contribution in [2.45, 2.75) is 6.04 Å². The largest absolute Gasteiger partial charge is 0.507 e. The molecule has 1 aliphatic rings. The standard InChI is InChI=1S/C25H19N3O5S/c1-32-16-5-3-15(4-6-16)22(29)20-21(14-9-11-26-12-10-14)28(24(31)23(20)30)25-27-18-8-7-17(33-2)13-19(18)34-25/h3-13,21,29H,1-2H3. The van der Waals surface area contributed by atoms with Crippen molar-refractivity contribution in [1.29, 1.82) is 0 Å². The maximum Gasteiger partial charge on any atom is 0.301 e. The average molecular weight is 474 g/mol. The maximum absolute atomic E-state index is 13.3. The highest BCUT2D eigenvalue weighted by Crippen LogP contribution is 2.44. The van der Waals surface area contributed by atoms with E-state index in [1.165, 1.54) is 23.3 Å². The van der Waals surface area contributed by atoms with Crippen LogP contribution < -0.4 is 14.4 Å². The van der Waals surface area contributed by atoms with E-state index in [9.17, 15) is 14.7 Å². The van der Waals surface area contributed by atoms with Crippen molar-refractivity contribution in [2.75, 3.05) is 19.1 Å². The number of methoxy groups -OCH3 is 2. The number of nitrogens with zero attached hydrogens (tertiary/aromatic N) is 3. The van der Waals surface area contributed by atoms with Crippen molar-refractivity contribution in [3.8, 4) is 11.5 Å². The smallest absolute Gasteiger partial charge is 0.301 e. The molecule has 2 aromatic carbocycles. The van der Waals surface area contributed by atoms with Crippen molar-refractivity contribution in [3.05, 3.63) is 83.7 Å². The Morgan fingerprint density at radius 1 is 0.971 bits per heavy atom. The molecule has 2 aromatic heterocycles. The normalized spacial score (nSPS) is 17.4. The Morgan fingerprint density at radius 3 is 2.32 bits per heavy atom. The lowest BCUT2D eigenvalue weighted by molar-refractivity contribution is -0.132. The van der Waals surface area contributed by atoms with Gasteiger partial charge in [-0.3, -0.25) is 19.5 Å². The monoisotopic (exact) mass is 473 g/mol. The van der Waals surface area contributed by atoms with Gasteiger partial charge >= 0.3 is 5.91 Å². The van der Waals surface area contributed by atoms with Crippen LogP contribution in [0.1, 0.15) is 17.2 Å². The summed E-state index contributed by atoms with van der Waals surface area (Å²) in [5.74, 6) is -0.550. The Balaban J connectivity index is 1.69. The first-order chi connectivity index (χ1) is 16.5. The lowest BCUT2D eigenvalue weighted by atomic mass is 9.96. The molecule has 1 N–H and O–H groups in total. The van der Waals surface area contributed by atoms with Crippen LogP contribution in [0, 0.1) is 0 Å². The molecule has 1 amide bonds. The van der Waals surface area contributed by atoms with Gasteiger partial charge in [-0.2, -0.15) is 0 Å². The molecule has 4 aromatic rings.